The number of carbonyl (C=O) groups excluding carboxylic acids is 2. The minimum absolute atomic E-state index is 0.214. The van der Waals surface area contributed by atoms with E-state index in [1.165, 1.54) is 7.11 Å². The second kappa shape index (κ2) is 6.05. The lowest BCUT2D eigenvalue weighted by Gasteiger charge is -2.27. The third kappa shape index (κ3) is 3.69. The molecule has 5 heteroatoms. The summed E-state index contributed by atoms with van der Waals surface area (Å²) in [5, 5.41) is 11.9. The SMILES string of the molecule is COC(=O)[C@@H]1CCC[C@H]1C(=O)N[C@H](C#N)C(C)(C)C. The van der Waals surface area contributed by atoms with E-state index in [0.29, 0.717) is 12.8 Å². The third-order valence-electron chi connectivity index (χ3n) is 3.64. The first-order valence-electron chi connectivity index (χ1n) is 6.59. The Bertz CT molecular complexity index is 392. The number of hydrogen-bond acceptors (Lipinski definition) is 4. The zero-order chi connectivity index (χ0) is 14.6. The predicted molar refractivity (Wildman–Crippen MR) is 69.8 cm³/mol. The molecule has 0 heterocycles. The summed E-state index contributed by atoms with van der Waals surface area (Å²) >= 11 is 0. The van der Waals surface area contributed by atoms with Crippen molar-refractivity contribution in [2.75, 3.05) is 7.11 Å². The quantitative estimate of drug-likeness (QED) is 0.787. The summed E-state index contributed by atoms with van der Waals surface area (Å²) in [7, 11) is 1.34. The van der Waals surface area contributed by atoms with Crippen LogP contribution in [0.3, 0.4) is 0 Å². The van der Waals surface area contributed by atoms with E-state index >= 15 is 0 Å². The van der Waals surface area contributed by atoms with Crippen LogP contribution >= 0.6 is 0 Å². The summed E-state index contributed by atoms with van der Waals surface area (Å²) in [5.74, 6) is -1.29. The highest BCUT2D eigenvalue weighted by atomic mass is 16.5. The first kappa shape index (κ1) is 15.5. The number of nitriles is 1. The highest BCUT2D eigenvalue weighted by Gasteiger charge is 2.40. The minimum atomic E-state index is -0.557. The van der Waals surface area contributed by atoms with Crippen molar-refractivity contribution < 1.29 is 14.3 Å². The number of carbonyl (C=O) groups is 2. The minimum Gasteiger partial charge on any atom is -0.469 e. The average Bonchev–Trinajstić information content (AvgIpc) is 2.82. The lowest BCUT2D eigenvalue weighted by molar-refractivity contribution is -0.149. The molecule has 106 valence electrons. The second-order valence-electron chi connectivity index (χ2n) is 6.10. The largest absolute Gasteiger partial charge is 0.469 e. The number of hydrogen-bond donors (Lipinski definition) is 1. The van der Waals surface area contributed by atoms with Gasteiger partial charge in [-0.1, -0.05) is 27.2 Å². The van der Waals surface area contributed by atoms with Crippen molar-refractivity contribution in [3.63, 3.8) is 0 Å². The smallest absolute Gasteiger partial charge is 0.309 e. The molecule has 0 bridgehead atoms. The molecule has 0 aromatic heterocycles. The first-order valence-corrected chi connectivity index (χ1v) is 6.59. The van der Waals surface area contributed by atoms with Gasteiger partial charge in [0.25, 0.3) is 0 Å². The van der Waals surface area contributed by atoms with Crippen LogP contribution in [0.25, 0.3) is 0 Å². The molecule has 1 aliphatic rings. The molecular weight excluding hydrogens is 244 g/mol. The van der Waals surface area contributed by atoms with Gasteiger partial charge in [0.05, 0.1) is 25.0 Å². The molecule has 1 N–H and O–H groups in total. The van der Waals surface area contributed by atoms with Crippen molar-refractivity contribution in [1.29, 1.82) is 5.26 Å². The zero-order valence-corrected chi connectivity index (χ0v) is 12.0. The van der Waals surface area contributed by atoms with Gasteiger partial charge in [-0.05, 0) is 18.3 Å². The molecule has 0 aromatic rings. The van der Waals surface area contributed by atoms with Crippen LogP contribution in [0.4, 0.5) is 0 Å². The number of ether oxygens (including phenoxy) is 1. The Kier molecular flexibility index (Phi) is 4.93. The topological polar surface area (TPSA) is 79.2 Å². The molecule has 0 saturated heterocycles. The predicted octanol–water partition coefficient (Wildman–Crippen LogP) is 1.63. The fraction of sp³-hybridized carbons (Fsp3) is 0.786. The van der Waals surface area contributed by atoms with E-state index in [0.717, 1.165) is 6.42 Å². The summed E-state index contributed by atoms with van der Waals surface area (Å²) in [5.41, 5.74) is -0.330. The van der Waals surface area contributed by atoms with Gasteiger partial charge in [-0.25, -0.2) is 0 Å². The maximum atomic E-state index is 12.2. The van der Waals surface area contributed by atoms with E-state index in [4.69, 9.17) is 10.00 Å². The molecule has 0 aliphatic heterocycles. The highest BCUT2D eigenvalue weighted by molar-refractivity contribution is 5.86. The van der Waals surface area contributed by atoms with Gasteiger partial charge < -0.3 is 10.1 Å². The van der Waals surface area contributed by atoms with Crippen LogP contribution in [0.15, 0.2) is 0 Å². The van der Waals surface area contributed by atoms with Crippen LogP contribution in [-0.2, 0) is 14.3 Å². The van der Waals surface area contributed by atoms with Crippen molar-refractivity contribution in [2.45, 2.75) is 46.1 Å². The van der Waals surface area contributed by atoms with Crippen LogP contribution in [0.2, 0.25) is 0 Å². The maximum Gasteiger partial charge on any atom is 0.309 e. The van der Waals surface area contributed by atoms with Crippen LogP contribution in [-0.4, -0.2) is 25.0 Å². The molecule has 0 aromatic carbocycles. The van der Waals surface area contributed by atoms with Gasteiger partial charge >= 0.3 is 5.97 Å². The number of esters is 1. The number of nitrogens with zero attached hydrogens (tertiary/aromatic N) is 1. The summed E-state index contributed by atoms with van der Waals surface area (Å²) in [6.45, 7) is 5.69. The van der Waals surface area contributed by atoms with Crippen LogP contribution in [0, 0.1) is 28.6 Å². The second-order valence-corrected chi connectivity index (χ2v) is 6.10. The molecule has 1 amide bonds. The van der Waals surface area contributed by atoms with E-state index in [2.05, 4.69) is 11.4 Å². The van der Waals surface area contributed by atoms with Crippen LogP contribution < -0.4 is 5.32 Å². The van der Waals surface area contributed by atoms with Gasteiger partial charge in [0.2, 0.25) is 5.91 Å². The highest BCUT2D eigenvalue weighted by Crippen LogP contribution is 2.33. The van der Waals surface area contributed by atoms with E-state index < -0.39 is 6.04 Å². The van der Waals surface area contributed by atoms with Crippen molar-refractivity contribution in [3.8, 4) is 6.07 Å². The van der Waals surface area contributed by atoms with Gasteiger partial charge in [-0.15, -0.1) is 0 Å². The van der Waals surface area contributed by atoms with Gasteiger partial charge in [0, 0.05) is 0 Å². The maximum absolute atomic E-state index is 12.2. The Labute approximate surface area is 114 Å². The average molecular weight is 266 g/mol. The fourth-order valence-corrected chi connectivity index (χ4v) is 2.40. The lowest BCUT2D eigenvalue weighted by Crippen LogP contribution is -2.46. The summed E-state index contributed by atoms with van der Waals surface area (Å²) in [4.78, 5) is 23.8. The Morgan fingerprint density at radius 3 is 2.37 bits per heavy atom. The molecule has 0 unspecified atom stereocenters. The normalized spacial score (nSPS) is 24.4. The van der Waals surface area contributed by atoms with E-state index in [1.54, 1.807) is 0 Å². The number of rotatable bonds is 3. The molecule has 5 nitrogen and oxygen atoms in total. The lowest BCUT2D eigenvalue weighted by atomic mass is 9.86. The molecular formula is C14H22N2O3. The Hall–Kier alpha value is -1.57. The number of amides is 1. The van der Waals surface area contributed by atoms with Crippen LogP contribution in [0.1, 0.15) is 40.0 Å². The molecule has 19 heavy (non-hydrogen) atoms. The van der Waals surface area contributed by atoms with Crippen molar-refractivity contribution in [3.05, 3.63) is 0 Å². The van der Waals surface area contributed by atoms with Gasteiger partial charge in [-0.3, -0.25) is 9.59 Å². The molecule has 3 atom stereocenters. The third-order valence-corrected chi connectivity index (χ3v) is 3.64. The Balaban J connectivity index is 2.73. The molecule has 0 radical (unpaired) electrons. The molecule has 0 spiro atoms. The van der Waals surface area contributed by atoms with Gasteiger partial charge in [0.1, 0.15) is 6.04 Å². The van der Waals surface area contributed by atoms with E-state index in [9.17, 15) is 9.59 Å². The molecule has 1 rings (SSSR count). The molecule has 1 aliphatic carbocycles. The van der Waals surface area contributed by atoms with Gasteiger partial charge in [0.15, 0.2) is 0 Å². The van der Waals surface area contributed by atoms with E-state index in [-0.39, 0.29) is 29.1 Å². The number of nitrogens with one attached hydrogen (secondary N) is 1. The van der Waals surface area contributed by atoms with Crippen molar-refractivity contribution >= 4 is 11.9 Å². The Morgan fingerprint density at radius 1 is 1.32 bits per heavy atom. The summed E-state index contributed by atoms with van der Waals surface area (Å²) < 4.78 is 4.73. The summed E-state index contributed by atoms with van der Waals surface area (Å²) in [6, 6.07) is 1.55. The van der Waals surface area contributed by atoms with E-state index in [1.807, 2.05) is 20.8 Å². The molecule has 1 saturated carbocycles. The first-order chi connectivity index (χ1) is 8.81. The van der Waals surface area contributed by atoms with Crippen molar-refractivity contribution in [2.24, 2.45) is 17.3 Å². The zero-order valence-electron chi connectivity index (χ0n) is 12.0. The fourth-order valence-electron chi connectivity index (χ4n) is 2.40. The van der Waals surface area contributed by atoms with Crippen molar-refractivity contribution in [1.82, 2.24) is 5.32 Å². The van der Waals surface area contributed by atoms with Crippen LogP contribution in [0.5, 0.6) is 0 Å². The Morgan fingerprint density at radius 2 is 1.89 bits per heavy atom. The standard InChI is InChI=1S/C14H22N2O3/c1-14(2,3)11(8-15)16-12(17)9-6-5-7-10(9)13(18)19-4/h9-11H,5-7H2,1-4H3,(H,16,17)/t9-,10-,11-/m1/s1. The summed E-state index contributed by atoms with van der Waals surface area (Å²) in [6.07, 6.45) is 2.19. The van der Waals surface area contributed by atoms with Gasteiger partial charge in [-0.2, -0.15) is 5.26 Å². The molecule has 1 fully saturated rings. The monoisotopic (exact) mass is 266 g/mol. The number of methoxy groups -OCH3 is 1.